The molecule has 14 heavy (non-hydrogen) atoms. The van der Waals surface area contributed by atoms with Gasteiger partial charge in [-0.2, -0.15) is 0 Å². The summed E-state index contributed by atoms with van der Waals surface area (Å²) >= 11 is 0. The first-order valence-electron chi connectivity index (χ1n) is 5.16. The Bertz CT molecular complexity index is 296. The third kappa shape index (κ3) is 2.20. The van der Waals surface area contributed by atoms with Crippen LogP contribution in [0.2, 0.25) is 0 Å². The number of nitrogens with zero attached hydrogens (tertiary/aromatic N) is 2. The number of aryl methyl sites for hydroxylation is 1. The van der Waals surface area contributed by atoms with Gasteiger partial charge in [0, 0.05) is 24.8 Å². The normalized spacial score (nSPS) is 16.4. The SMILES string of the molecule is CCCc1cc(NC2CNC2)ncn1. The van der Waals surface area contributed by atoms with Crippen molar-refractivity contribution in [1.29, 1.82) is 0 Å². The minimum absolute atomic E-state index is 0.541. The fraction of sp³-hybridized carbons (Fsp3) is 0.600. The number of anilines is 1. The van der Waals surface area contributed by atoms with Gasteiger partial charge in [-0.15, -0.1) is 0 Å². The summed E-state index contributed by atoms with van der Waals surface area (Å²) in [4.78, 5) is 8.41. The molecule has 76 valence electrons. The van der Waals surface area contributed by atoms with Crippen LogP contribution in [0, 0.1) is 0 Å². The van der Waals surface area contributed by atoms with Gasteiger partial charge in [0.15, 0.2) is 0 Å². The largest absolute Gasteiger partial charge is 0.365 e. The maximum Gasteiger partial charge on any atom is 0.129 e. The molecule has 1 aliphatic heterocycles. The van der Waals surface area contributed by atoms with E-state index >= 15 is 0 Å². The van der Waals surface area contributed by atoms with Gasteiger partial charge in [0.25, 0.3) is 0 Å². The smallest absolute Gasteiger partial charge is 0.129 e. The zero-order valence-corrected chi connectivity index (χ0v) is 8.45. The van der Waals surface area contributed by atoms with E-state index in [-0.39, 0.29) is 0 Å². The molecule has 2 rings (SSSR count). The van der Waals surface area contributed by atoms with E-state index < -0.39 is 0 Å². The molecule has 1 aromatic heterocycles. The van der Waals surface area contributed by atoms with Crippen LogP contribution in [0.3, 0.4) is 0 Å². The summed E-state index contributed by atoms with van der Waals surface area (Å²) < 4.78 is 0. The third-order valence-electron chi connectivity index (χ3n) is 2.36. The van der Waals surface area contributed by atoms with Crippen molar-refractivity contribution in [2.75, 3.05) is 18.4 Å². The van der Waals surface area contributed by atoms with Crippen molar-refractivity contribution in [1.82, 2.24) is 15.3 Å². The van der Waals surface area contributed by atoms with Gasteiger partial charge in [0.05, 0.1) is 6.04 Å². The number of hydrogen-bond acceptors (Lipinski definition) is 4. The van der Waals surface area contributed by atoms with Crippen LogP contribution in [0.5, 0.6) is 0 Å². The Morgan fingerprint density at radius 1 is 1.50 bits per heavy atom. The molecule has 0 bridgehead atoms. The van der Waals surface area contributed by atoms with Crippen LogP contribution in [0.4, 0.5) is 5.82 Å². The summed E-state index contributed by atoms with van der Waals surface area (Å²) in [5.74, 6) is 0.954. The number of hydrogen-bond donors (Lipinski definition) is 2. The summed E-state index contributed by atoms with van der Waals surface area (Å²) in [6, 6.07) is 2.58. The van der Waals surface area contributed by atoms with Gasteiger partial charge in [-0.3, -0.25) is 0 Å². The van der Waals surface area contributed by atoms with Crippen LogP contribution in [0.15, 0.2) is 12.4 Å². The van der Waals surface area contributed by atoms with Crippen molar-refractivity contribution in [3.05, 3.63) is 18.1 Å². The molecule has 0 aromatic carbocycles. The van der Waals surface area contributed by atoms with Gasteiger partial charge in [-0.1, -0.05) is 13.3 Å². The van der Waals surface area contributed by atoms with Crippen LogP contribution in [-0.4, -0.2) is 29.1 Å². The lowest BCUT2D eigenvalue weighted by Gasteiger charge is -2.28. The Kier molecular flexibility index (Phi) is 2.93. The highest BCUT2D eigenvalue weighted by molar-refractivity contribution is 5.37. The molecule has 1 fully saturated rings. The second kappa shape index (κ2) is 4.37. The van der Waals surface area contributed by atoms with Crippen molar-refractivity contribution in [2.45, 2.75) is 25.8 Å². The molecular formula is C10H16N4. The summed E-state index contributed by atoms with van der Waals surface area (Å²) in [7, 11) is 0. The zero-order chi connectivity index (χ0) is 9.80. The fourth-order valence-electron chi connectivity index (χ4n) is 1.47. The first kappa shape index (κ1) is 9.40. The monoisotopic (exact) mass is 192 g/mol. The van der Waals surface area contributed by atoms with E-state index in [1.165, 1.54) is 0 Å². The van der Waals surface area contributed by atoms with E-state index in [2.05, 4.69) is 27.5 Å². The van der Waals surface area contributed by atoms with E-state index in [1.807, 2.05) is 6.07 Å². The minimum atomic E-state index is 0.541. The van der Waals surface area contributed by atoms with Crippen LogP contribution in [0.25, 0.3) is 0 Å². The molecule has 0 amide bonds. The standard InChI is InChI=1S/C10H16N4/c1-2-3-8-4-10(13-7-12-8)14-9-5-11-6-9/h4,7,9,11H,2-3,5-6H2,1H3,(H,12,13,14). The molecule has 1 aliphatic rings. The molecule has 0 atom stereocenters. The van der Waals surface area contributed by atoms with Crippen LogP contribution < -0.4 is 10.6 Å². The summed E-state index contributed by atoms with van der Waals surface area (Å²) in [5, 5.41) is 6.58. The van der Waals surface area contributed by atoms with Crippen molar-refractivity contribution < 1.29 is 0 Å². The average molecular weight is 192 g/mol. The maximum atomic E-state index is 4.21. The Morgan fingerprint density at radius 3 is 3.00 bits per heavy atom. The topological polar surface area (TPSA) is 49.8 Å². The highest BCUT2D eigenvalue weighted by Crippen LogP contribution is 2.08. The summed E-state index contributed by atoms with van der Waals surface area (Å²) in [6.45, 7) is 4.23. The van der Waals surface area contributed by atoms with Gasteiger partial charge in [0.1, 0.15) is 12.1 Å². The van der Waals surface area contributed by atoms with Crippen molar-refractivity contribution in [3.63, 3.8) is 0 Å². The minimum Gasteiger partial charge on any atom is -0.365 e. The predicted octanol–water partition coefficient (Wildman–Crippen LogP) is 0.813. The lowest BCUT2D eigenvalue weighted by molar-refractivity contribution is 0.471. The molecule has 2 heterocycles. The van der Waals surface area contributed by atoms with Crippen LogP contribution in [0.1, 0.15) is 19.0 Å². The van der Waals surface area contributed by atoms with E-state index in [0.29, 0.717) is 6.04 Å². The zero-order valence-electron chi connectivity index (χ0n) is 8.45. The third-order valence-corrected chi connectivity index (χ3v) is 2.36. The Hall–Kier alpha value is -1.16. The molecule has 0 radical (unpaired) electrons. The van der Waals surface area contributed by atoms with Gasteiger partial charge >= 0.3 is 0 Å². The Morgan fingerprint density at radius 2 is 2.36 bits per heavy atom. The average Bonchev–Trinajstić information content (AvgIpc) is 2.13. The molecule has 1 saturated heterocycles. The highest BCUT2D eigenvalue weighted by Gasteiger charge is 2.16. The molecular weight excluding hydrogens is 176 g/mol. The van der Waals surface area contributed by atoms with E-state index in [0.717, 1.165) is 37.4 Å². The highest BCUT2D eigenvalue weighted by atomic mass is 15.1. The lowest BCUT2D eigenvalue weighted by Crippen LogP contribution is -2.51. The molecule has 4 nitrogen and oxygen atoms in total. The molecule has 4 heteroatoms. The van der Waals surface area contributed by atoms with Crippen molar-refractivity contribution in [3.8, 4) is 0 Å². The fourth-order valence-corrected chi connectivity index (χ4v) is 1.47. The lowest BCUT2D eigenvalue weighted by atomic mass is 10.2. The van der Waals surface area contributed by atoms with Crippen LogP contribution >= 0.6 is 0 Å². The summed E-state index contributed by atoms with van der Waals surface area (Å²) in [6.07, 6.45) is 3.79. The van der Waals surface area contributed by atoms with E-state index in [4.69, 9.17) is 0 Å². The predicted molar refractivity (Wildman–Crippen MR) is 56.3 cm³/mol. The van der Waals surface area contributed by atoms with Gasteiger partial charge in [-0.05, 0) is 6.42 Å². The van der Waals surface area contributed by atoms with Crippen LogP contribution in [-0.2, 0) is 6.42 Å². The molecule has 2 N–H and O–H groups in total. The second-order valence-electron chi connectivity index (χ2n) is 3.64. The van der Waals surface area contributed by atoms with Gasteiger partial charge in [0.2, 0.25) is 0 Å². The molecule has 0 spiro atoms. The van der Waals surface area contributed by atoms with E-state index in [1.54, 1.807) is 6.33 Å². The molecule has 1 aromatic rings. The van der Waals surface area contributed by atoms with Gasteiger partial charge < -0.3 is 10.6 Å². The number of rotatable bonds is 4. The van der Waals surface area contributed by atoms with Crippen molar-refractivity contribution >= 4 is 5.82 Å². The van der Waals surface area contributed by atoms with Crippen molar-refractivity contribution in [2.24, 2.45) is 0 Å². The maximum absolute atomic E-state index is 4.21. The number of aromatic nitrogens is 2. The second-order valence-corrected chi connectivity index (χ2v) is 3.64. The number of nitrogens with one attached hydrogen (secondary N) is 2. The van der Waals surface area contributed by atoms with E-state index in [9.17, 15) is 0 Å². The Labute approximate surface area is 84.2 Å². The quantitative estimate of drug-likeness (QED) is 0.741. The Balaban J connectivity index is 1.97. The molecule has 0 saturated carbocycles. The molecule has 0 unspecified atom stereocenters. The van der Waals surface area contributed by atoms with Gasteiger partial charge in [-0.25, -0.2) is 9.97 Å². The first-order valence-corrected chi connectivity index (χ1v) is 5.16. The first-order chi connectivity index (χ1) is 6.88. The summed E-state index contributed by atoms with van der Waals surface area (Å²) in [5.41, 5.74) is 1.12. The molecule has 0 aliphatic carbocycles.